The lowest BCUT2D eigenvalue weighted by Gasteiger charge is -2.18. The first kappa shape index (κ1) is 68.8. The van der Waals surface area contributed by atoms with Crippen molar-refractivity contribution in [3.05, 3.63) is 72.9 Å². The highest BCUT2D eigenvalue weighted by molar-refractivity contribution is 5.71. The molecule has 0 aromatic carbocycles. The molecule has 0 saturated carbocycles. The van der Waals surface area contributed by atoms with Gasteiger partial charge in [0.2, 0.25) is 0 Å². The minimum atomic E-state index is -0.797. The molecule has 0 saturated heterocycles. The van der Waals surface area contributed by atoms with Gasteiger partial charge in [-0.15, -0.1) is 0 Å². The van der Waals surface area contributed by atoms with E-state index >= 15 is 0 Å². The second-order valence-electron chi connectivity index (χ2n) is 20.7. The number of allylic oxidation sites excluding steroid dienone is 12. The molecule has 0 rings (SSSR count). The van der Waals surface area contributed by atoms with Gasteiger partial charge in [0.15, 0.2) is 6.10 Å². The van der Waals surface area contributed by atoms with Crippen LogP contribution in [0.4, 0.5) is 0 Å². The molecule has 0 heterocycles. The van der Waals surface area contributed by atoms with Crippen molar-refractivity contribution in [2.45, 2.75) is 316 Å². The Morgan fingerprint density at radius 1 is 0.278 bits per heavy atom. The highest BCUT2D eigenvalue weighted by atomic mass is 16.6. The molecule has 0 aliphatic heterocycles. The number of esters is 3. The molecule has 0 N–H and O–H groups in total. The van der Waals surface area contributed by atoms with E-state index in [1.54, 1.807) is 0 Å². The van der Waals surface area contributed by atoms with Gasteiger partial charge in [-0.25, -0.2) is 0 Å². The molecule has 0 aliphatic carbocycles. The van der Waals surface area contributed by atoms with Crippen molar-refractivity contribution in [3.8, 4) is 0 Å². The Morgan fingerprint density at radius 2 is 0.514 bits per heavy atom. The molecular formula is C66H116O6. The molecule has 0 amide bonds. The summed E-state index contributed by atoms with van der Waals surface area (Å²) in [6.45, 7) is 6.61. The predicted molar refractivity (Wildman–Crippen MR) is 311 cm³/mol. The number of unbranched alkanes of at least 4 members (excludes halogenated alkanes) is 36. The van der Waals surface area contributed by atoms with Gasteiger partial charge in [0.05, 0.1) is 0 Å². The minimum Gasteiger partial charge on any atom is -0.462 e. The zero-order chi connectivity index (χ0) is 52.2. The Balaban J connectivity index is 4.45. The molecule has 0 aromatic heterocycles. The van der Waals surface area contributed by atoms with Crippen molar-refractivity contribution in [2.24, 2.45) is 0 Å². The largest absolute Gasteiger partial charge is 0.462 e. The molecule has 0 aliphatic rings. The zero-order valence-corrected chi connectivity index (χ0v) is 47.7. The number of carbonyl (C=O) groups is 3. The summed E-state index contributed by atoms with van der Waals surface area (Å²) in [4.78, 5) is 38.3. The summed E-state index contributed by atoms with van der Waals surface area (Å²) < 4.78 is 16.9. The van der Waals surface area contributed by atoms with Gasteiger partial charge < -0.3 is 14.2 Å². The average Bonchev–Trinajstić information content (AvgIpc) is 3.38. The van der Waals surface area contributed by atoms with Gasteiger partial charge >= 0.3 is 17.9 Å². The van der Waals surface area contributed by atoms with Crippen molar-refractivity contribution in [3.63, 3.8) is 0 Å². The average molecular weight is 1010 g/mol. The van der Waals surface area contributed by atoms with E-state index in [2.05, 4.69) is 93.7 Å². The second kappa shape index (κ2) is 60.4. The summed E-state index contributed by atoms with van der Waals surface area (Å²) in [6.07, 6.45) is 77.5. The summed E-state index contributed by atoms with van der Waals surface area (Å²) in [5.74, 6) is -0.923. The van der Waals surface area contributed by atoms with Crippen molar-refractivity contribution in [1.29, 1.82) is 0 Å². The summed E-state index contributed by atoms with van der Waals surface area (Å²) in [7, 11) is 0. The standard InChI is InChI=1S/C66H116O6/c1-4-7-10-13-16-19-22-25-28-31-34-37-40-43-46-49-52-55-58-64(67)70-61-63(72-66(69)60-57-54-51-48-45-42-39-36-33-30-27-24-21-18-15-12-9-6-3)62-71-65(68)59-56-53-50-47-44-41-38-35-32-29-26-23-20-17-14-11-8-5-2/h22,25,28,30-31,33-39,63H,4-21,23-24,26-27,29,32,40-62H2,1-3H3/b25-22-,31-28-,33-30-,37-34-,38-35-,39-36-. The monoisotopic (exact) mass is 1000 g/mol. The van der Waals surface area contributed by atoms with Crippen LogP contribution in [-0.4, -0.2) is 37.2 Å². The van der Waals surface area contributed by atoms with E-state index in [-0.39, 0.29) is 31.1 Å². The van der Waals surface area contributed by atoms with Crippen molar-refractivity contribution < 1.29 is 28.6 Å². The lowest BCUT2D eigenvalue weighted by Crippen LogP contribution is -2.30. The van der Waals surface area contributed by atoms with E-state index < -0.39 is 6.10 Å². The molecule has 0 radical (unpaired) electrons. The first-order chi connectivity index (χ1) is 35.5. The molecule has 6 heteroatoms. The second-order valence-corrected chi connectivity index (χ2v) is 20.7. The van der Waals surface area contributed by atoms with Gasteiger partial charge in [-0.3, -0.25) is 14.4 Å². The molecule has 1 atom stereocenters. The third-order valence-electron chi connectivity index (χ3n) is 13.5. The Morgan fingerprint density at radius 3 is 0.819 bits per heavy atom. The summed E-state index contributed by atoms with van der Waals surface area (Å²) in [6, 6.07) is 0. The Hall–Kier alpha value is -3.15. The van der Waals surface area contributed by atoms with Crippen LogP contribution in [0.25, 0.3) is 0 Å². The zero-order valence-electron chi connectivity index (χ0n) is 47.7. The van der Waals surface area contributed by atoms with Crippen molar-refractivity contribution in [1.82, 2.24) is 0 Å². The van der Waals surface area contributed by atoms with Crippen LogP contribution in [0.2, 0.25) is 0 Å². The van der Waals surface area contributed by atoms with Gasteiger partial charge in [0.1, 0.15) is 13.2 Å². The molecule has 0 aromatic rings. The Bertz CT molecular complexity index is 1340. The third-order valence-corrected chi connectivity index (χ3v) is 13.5. The fraction of sp³-hybridized carbons (Fsp3) is 0.773. The maximum Gasteiger partial charge on any atom is 0.306 e. The number of ether oxygens (including phenoxy) is 3. The van der Waals surface area contributed by atoms with Crippen LogP contribution in [0.1, 0.15) is 310 Å². The third kappa shape index (κ3) is 57.7. The van der Waals surface area contributed by atoms with Crippen LogP contribution in [0, 0.1) is 0 Å². The predicted octanol–water partition coefficient (Wildman–Crippen LogP) is 20.9. The van der Waals surface area contributed by atoms with Crippen LogP contribution in [0.5, 0.6) is 0 Å². The maximum atomic E-state index is 12.9. The maximum absolute atomic E-state index is 12.9. The highest BCUT2D eigenvalue weighted by Crippen LogP contribution is 2.15. The van der Waals surface area contributed by atoms with Crippen LogP contribution in [0.3, 0.4) is 0 Å². The number of hydrogen-bond acceptors (Lipinski definition) is 6. The van der Waals surface area contributed by atoms with Gasteiger partial charge in [0, 0.05) is 19.3 Å². The van der Waals surface area contributed by atoms with E-state index in [1.807, 2.05) is 0 Å². The molecule has 416 valence electrons. The van der Waals surface area contributed by atoms with E-state index in [4.69, 9.17) is 14.2 Å². The normalized spacial score (nSPS) is 12.5. The van der Waals surface area contributed by atoms with Crippen molar-refractivity contribution >= 4 is 17.9 Å². The number of rotatable bonds is 56. The summed E-state index contributed by atoms with van der Waals surface area (Å²) >= 11 is 0. The van der Waals surface area contributed by atoms with Gasteiger partial charge in [0.25, 0.3) is 0 Å². The fourth-order valence-electron chi connectivity index (χ4n) is 8.78. The van der Waals surface area contributed by atoms with Crippen LogP contribution >= 0.6 is 0 Å². The molecule has 0 bridgehead atoms. The number of carbonyl (C=O) groups excluding carboxylic acids is 3. The fourth-order valence-corrected chi connectivity index (χ4v) is 8.78. The van der Waals surface area contributed by atoms with Gasteiger partial charge in [-0.2, -0.15) is 0 Å². The van der Waals surface area contributed by atoms with Crippen LogP contribution < -0.4 is 0 Å². The highest BCUT2D eigenvalue weighted by Gasteiger charge is 2.19. The van der Waals surface area contributed by atoms with E-state index in [9.17, 15) is 14.4 Å². The minimum absolute atomic E-state index is 0.0921. The lowest BCUT2D eigenvalue weighted by atomic mass is 10.1. The molecule has 0 spiro atoms. The molecular weight excluding hydrogens is 889 g/mol. The molecule has 0 fully saturated rings. The topological polar surface area (TPSA) is 78.9 Å². The molecule has 72 heavy (non-hydrogen) atoms. The summed E-state index contributed by atoms with van der Waals surface area (Å²) in [5, 5.41) is 0. The Kier molecular flexibility index (Phi) is 57.8. The van der Waals surface area contributed by atoms with E-state index in [0.717, 1.165) is 103 Å². The van der Waals surface area contributed by atoms with Crippen LogP contribution in [0.15, 0.2) is 72.9 Å². The van der Waals surface area contributed by atoms with Crippen molar-refractivity contribution in [2.75, 3.05) is 13.2 Å². The first-order valence-corrected chi connectivity index (χ1v) is 31.0. The molecule has 6 nitrogen and oxygen atoms in total. The summed E-state index contributed by atoms with van der Waals surface area (Å²) in [5.41, 5.74) is 0. The lowest BCUT2D eigenvalue weighted by molar-refractivity contribution is -0.167. The van der Waals surface area contributed by atoms with E-state index in [0.29, 0.717) is 19.3 Å². The smallest absolute Gasteiger partial charge is 0.306 e. The number of hydrogen-bond donors (Lipinski definition) is 0. The van der Waals surface area contributed by atoms with Gasteiger partial charge in [-0.1, -0.05) is 267 Å². The quantitative estimate of drug-likeness (QED) is 0.0199. The first-order valence-electron chi connectivity index (χ1n) is 31.0. The van der Waals surface area contributed by atoms with Gasteiger partial charge in [-0.05, 0) is 96.3 Å². The molecule has 1 unspecified atom stereocenters. The van der Waals surface area contributed by atoms with Crippen LogP contribution in [-0.2, 0) is 28.6 Å². The van der Waals surface area contributed by atoms with E-state index in [1.165, 1.54) is 167 Å². The Labute approximate surface area is 446 Å². The SMILES string of the molecule is CCCCCCC\C=C/C=C\C=C/CCCCCCCC(=O)OCC(COC(=O)CCCCCCC/C=C\CCCCCCCCCCC)OC(=O)CCCCCCC/C=C\C=C/CCCCCCCCC.